The molecule has 31 heteroatoms. The summed E-state index contributed by atoms with van der Waals surface area (Å²) < 4.78 is 150. The lowest BCUT2D eigenvalue weighted by Gasteiger charge is -2.32. The van der Waals surface area contributed by atoms with E-state index < -0.39 is 104 Å². The molecule has 0 radical (unpaired) electrons. The Morgan fingerprint density at radius 2 is 0.847 bits per heavy atom. The smallest absolute Gasteiger partial charge is 0.443 e. The molecule has 546 valence electrons. The fourth-order valence-electron chi connectivity index (χ4n) is 8.64. The van der Waals surface area contributed by atoms with Crippen LogP contribution in [0.25, 0.3) is 11.1 Å². The van der Waals surface area contributed by atoms with Crippen molar-refractivity contribution in [2.24, 2.45) is 0 Å². The molecule has 1 heterocycles. The van der Waals surface area contributed by atoms with Crippen LogP contribution in [-0.2, 0) is 88.2 Å². The van der Waals surface area contributed by atoms with Crippen molar-refractivity contribution in [3.8, 4) is 11.1 Å². The van der Waals surface area contributed by atoms with Gasteiger partial charge in [0.05, 0.1) is 40.5 Å². The van der Waals surface area contributed by atoms with Crippen LogP contribution in [0.5, 0.6) is 0 Å². The maximum Gasteiger partial charge on any atom is 0.494 e. The zero-order chi connectivity index (χ0) is 74.8. The van der Waals surface area contributed by atoms with Crippen molar-refractivity contribution < 1.29 is 80.5 Å². The van der Waals surface area contributed by atoms with Crippen LogP contribution >= 0.6 is 22.6 Å². The molecule has 5 aromatic carbocycles. The highest BCUT2D eigenvalue weighted by Crippen LogP contribution is 2.36. The minimum absolute atomic E-state index is 0.00356. The monoisotopic (exact) mass is 1570 g/mol. The first-order valence-corrected chi connectivity index (χ1v) is 41.7. The Labute approximate surface area is 599 Å². The van der Waals surface area contributed by atoms with Gasteiger partial charge in [-0.2, -0.15) is 0 Å². The molecule has 2 atom stereocenters. The molecule has 0 saturated carbocycles. The third-order valence-electron chi connectivity index (χ3n) is 15.4. The molecule has 2 amide bonds. The number of hydrogen-bond acceptors (Lipinski definition) is 18. The van der Waals surface area contributed by atoms with Crippen LogP contribution in [-0.4, -0.2) is 172 Å². The molecule has 0 spiro atoms. The van der Waals surface area contributed by atoms with E-state index in [-0.39, 0.29) is 36.6 Å². The Morgan fingerprint density at radius 3 is 1.17 bits per heavy atom. The molecule has 23 nitrogen and oxygen atoms in total. The van der Waals surface area contributed by atoms with Gasteiger partial charge < -0.3 is 28.8 Å². The maximum atomic E-state index is 12.3. The van der Waals surface area contributed by atoms with Crippen LogP contribution in [0.4, 0.5) is 9.59 Å². The maximum absolute atomic E-state index is 12.3. The molecule has 0 bridgehead atoms. The number of ether oxygens (including phenoxy) is 2. The molecule has 0 aromatic heterocycles. The molecular formula is C67H102B2IN5O18S5. The summed E-state index contributed by atoms with van der Waals surface area (Å²) in [6, 6.07) is 38.2. The van der Waals surface area contributed by atoms with Gasteiger partial charge in [-0.05, 0) is 213 Å². The van der Waals surface area contributed by atoms with Crippen LogP contribution in [0.2, 0.25) is 0 Å². The molecule has 5 aromatic rings. The van der Waals surface area contributed by atoms with Gasteiger partial charge in [0, 0.05) is 36.3 Å². The summed E-state index contributed by atoms with van der Waals surface area (Å²) in [5.74, 6) is 0.253. The average molecular weight is 1570 g/mol. The number of nitrogens with one attached hydrogen (secondary N) is 3. The molecule has 0 unspecified atom stereocenters. The van der Waals surface area contributed by atoms with Crippen LogP contribution in [0.1, 0.15) is 150 Å². The minimum Gasteiger partial charge on any atom is -0.443 e. The summed E-state index contributed by atoms with van der Waals surface area (Å²) in [4.78, 5) is 24.3. The van der Waals surface area contributed by atoms with Crippen LogP contribution in [0, 0.1) is 3.57 Å². The molecule has 1 aliphatic rings. The summed E-state index contributed by atoms with van der Waals surface area (Å²) in [5, 5.41) is 17.2. The Morgan fingerprint density at radius 1 is 0.520 bits per heavy atom. The Balaban J connectivity index is 0.000000347. The molecular weight excluding hydrogens is 1470 g/mol. The third-order valence-corrected chi connectivity index (χ3v) is 22.7. The number of carbonyl (C=O) groups is 2. The second-order valence-corrected chi connectivity index (χ2v) is 39.1. The highest BCUT2D eigenvalue weighted by Gasteiger charge is 2.51. The number of amides is 2. The second kappa shape index (κ2) is 36.7. The molecule has 1 saturated heterocycles. The van der Waals surface area contributed by atoms with Crippen molar-refractivity contribution >= 4 is 110 Å². The number of nitrogens with zero attached hydrogens (tertiary/aromatic N) is 2. The summed E-state index contributed by atoms with van der Waals surface area (Å²) >= 11 is 2.25. The van der Waals surface area contributed by atoms with E-state index in [2.05, 4.69) is 36.8 Å². The van der Waals surface area contributed by atoms with Gasteiger partial charge in [0.2, 0.25) is 50.1 Å². The first-order chi connectivity index (χ1) is 44.7. The standard InChI is InChI=1S/C21H30N2O4S2.C20H32BNO6S.C14H22BNO6S.C12H18INO2S/c1-16(2)29(26,27)23-15-17(3)19-9-11-21(12-10-19)20-7-5-18(6-8-20)13-14-22-28(4,24)25;1-18(2,3)26-17(23)22(29(8,24)25)14-13-15-9-11-16(12-10-15)21-27-19(4,5)20(6,7)28-21;1-14(2,3)22-13(17)16(23(4,20)21)10-9-11-5-7-12(8-6-11)15(18)19;1-9(2)17(15,16)14-8-10(3)11-4-6-12(13)7-5-11/h5-12,16-17,22-23H,13-15H2,1-4H3;9-12H,13-14H2,1-8H3;5-8,18-19H,9-10H2,1-4H3;4-7,9-10,14H,8H2,1-3H3/t17-;;;10-/m0..0/s1. The van der Waals surface area contributed by atoms with Crippen molar-refractivity contribution in [3.05, 3.63) is 153 Å². The molecule has 5 N–H and O–H groups in total. The quantitative estimate of drug-likeness (QED) is 0.0270. The molecule has 6 rings (SSSR count). The van der Waals surface area contributed by atoms with Crippen LogP contribution < -0.4 is 25.1 Å². The zero-order valence-corrected chi connectivity index (χ0v) is 66.1. The second-order valence-electron chi connectivity index (χ2n) is 27.5. The zero-order valence-electron chi connectivity index (χ0n) is 59.9. The third kappa shape index (κ3) is 30.7. The molecule has 98 heavy (non-hydrogen) atoms. The predicted octanol–water partition coefficient (Wildman–Crippen LogP) is 8.43. The fraction of sp³-hybridized carbons (Fsp3) is 0.522. The minimum atomic E-state index is -3.75. The topological polar surface area (TPSA) is 325 Å². The predicted molar refractivity (Wildman–Crippen MR) is 400 cm³/mol. The van der Waals surface area contributed by atoms with Crippen molar-refractivity contribution in [1.82, 2.24) is 22.8 Å². The molecule has 1 aliphatic heterocycles. The van der Waals surface area contributed by atoms with Gasteiger partial charge in [-0.25, -0.2) is 74.5 Å². The normalized spacial score (nSPS) is 14.7. The highest BCUT2D eigenvalue weighted by atomic mass is 127. The van der Waals surface area contributed by atoms with Crippen molar-refractivity contribution in [2.45, 2.75) is 175 Å². The van der Waals surface area contributed by atoms with E-state index in [1.807, 2.05) is 139 Å². The Bertz CT molecular complexity index is 3940. The van der Waals surface area contributed by atoms with Gasteiger partial charge in [0.1, 0.15) is 11.2 Å². The first-order valence-electron chi connectivity index (χ1n) is 31.9. The van der Waals surface area contributed by atoms with E-state index in [0.717, 1.165) is 67.5 Å². The van der Waals surface area contributed by atoms with Gasteiger partial charge in [0.15, 0.2) is 0 Å². The van der Waals surface area contributed by atoms with Gasteiger partial charge >= 0.3 is 26.4 Å². The van der Waals surface area contributed by atoms with E-state index >= 15 is 0 Å². The lowest BCUT2D eigenvalue weighted by molar-refractivity contribution is 0.00578. The van der Waals surface area contributed by atoms with Gasteiger partial charge in [0.25, 0.3) is 0 Å². The molecule has 1 fully saturated rings. The summed E-state index contributed by atoms with van der Waals surface area (Å²) in [6.45, 7) is 29.9. The van der Waals surface area contributed by atoms with E-state index in [1.54, 1.807) is 81.4 Å². The highest BCUT2D eigenvalue weighted by molar-refractivity contribution is 14.1. The Hall–Kier alpha value is -5.03. The summed E-state index contributed by atoms with van der Waals surface area (Å²) in [6.07, 6.45) is 2.61. The van der Waals surface area contributed by atoms with Crippen molar-refractivity contribution in [3.63, 3.8) is 0 Å². The van der Waals surface area contributed by atoms with Crippen LogP contribution in [0.3, 0.4) is 0 Å². The number of hydrogen-bond donors (Lipinski definition) is 5. The van der Waals surface area contributed by atoms with E-state index in [0.29, 0.717) is 42.2 Å². The lowest BCUT2D eigenvalue weighted by atomic mass is 9.79. The lowest BCUT2D eigenvalue weighted by Crippen LogP contribution is -2.41. The summed E-state index contributed by atoms with van der Waals surface area (Å²) in [5.41, 5.74) is 5.90. The fourth-order valence-corrected chi connectivity index (χ4v) is 12.6. The molecule has 0 aliphatic carbocycles. The van der Waals surface area contributed by atoms with Crippen molar-refractivity contribution in [2.75, 3.05) is 51.5 Å². The number of sulfonamides is 5. The van der Waals surface area contributed by atoms with Gasteiger partial charge in [-0.15, -0.1) is 0 Å². The Kier molecular flexibility index (Phi) is 32.7. The van der Waals surface area contributed by atoms with E-state index in [9.17, 15) is 51.7 Å². The summed E-state index contributed by atoms with van der Waals surface area (Å²) in [7, 11) is -19.1. The van der Waals surface area contributed by atoms with Crippen LogP contribution in [0.15, 0.2) is 121 Å². The number of rotatable bonds is 25. The largest absolute Gasteiger partial charge is 0.494 e. The number of benzene rings is 5. The van der Waals surface area contributed by atoms with E-state index in [1.165, 1.54) is 15.7 Å². The van der Waals surface area contributed by atoms with Gasteiger partial charge in [-0.3, -0.25) is 0 Å². The average Bonchev–Trinajstić information content (AvgIpc) is 1.63. The number of halogens is 1. The van der Waals surface area contributed by atoms with E-state index in [4.69, 9.17) is 28.8 Å². The SMILES string of the molecule is CC(C)(C)OC(=O)N(CCc1ccc(B(O)O)cc1)S(C)(=O)=O.CC(C)(C)OC(=O)N(CCc1ccc(B2OC(C)(C)C(C)(C)O2)cc1)S(C)(=O)=O.CC(C)S(=O)(=O)NC[C@H](C)c1ccc(-c2ccc(CCNS(C)(=O)=O)cc2)cc1.CC(C)S(=O)(=O)NC[C@H](C)c1ccc(I)cc1. The van der Waals surface area contributed by atoms with Crippen molar-refractivity contribution in [1.29, 1.82) is 0 Å². The first kappa shape index (κ1) is 87.2. The number of carbonyl (C=O) groups excluding carboxylic acids is 2. The van der Waals surface area contributed by atoms with Gasteiger partial charge in [-0.1, -0.05) is 123 Å².